The summed E-state index contributed by atoms with van der Waals surface area (Å²) in [6.45, 7) is 1.66. The van der Waals surface area contributed by atoms with Crippen LogP contribution in [0.15, 0.2) is 5.16 Å². The van der Waals surface area contributed by atoms with Gasteiger partial charge in [-0.3, -0.25) is 0 Å². The Morgan fingerprint density at radius 3 is 3.00 bits per heavy atom. The first kappa shape index (κ1) is 4.43. The fraction of sp³-hybridized carbons (Fsp3) is 0.750. The van der Waals surface area contributed by atoms with Gasteiger partial charge in [-0.25, -0.2) is 0 Å². The van der Waals surface area contributed by atoms with Crippen molar-refractivity contribution in [3.05, 3.63) is 0 Å². The zero-order valence-corrected chi connectivity index (χ0v) is 4.29. The molecule has 7 heavy (non-hydrogen) atoms. The van der Waals surface area contributed by atoms with Crippen LogP contribution in [0.25, 0.3) is 0 Å². The Labute approximate surface area is 42.6 Å². The molecule has 0 aliphatic carbocycles. The van der Waals surface area contributed by atoms with Crippen LogP contribution in [-0.2, 0) is 4.84 Å². The van der Waals surface area contributed by atoms with Gasteiger partial charge in [-0.1, -0.05) is 5.16 Å². The third-order valence-electron chi connectivity index (χ3n) is 0.854. The molecule has 1 aliphatic rings. The second-order valence-corrected chi connectivity index (χ2v) is 1.53. The highest BCUT2D eigenvalue weighted by Crippen LogP contribution is 1.86. The van der Waals surface area contributed by atoms with Crippen LogP contribution in [0.5, 0.6) is 0 Å². The van der Waals surface area contributed by atoms with E-state index < -0.39 is 0 Å². The lowest BCUT2D eigenvalue weighted by Gasteiger charge is -2.14. The summed E-state index contributed by atoms with van der Waals surface area (Å²) in [5.74, 6) is 0. The van der Waals surface area contributed by atoms with Gasteiger partial charge in [-0.2, -0.15) is 0 Å². The maximum atomic E-state index is 4.67. The molecule has 0 spiro atoms. The molecule has 0 saturated heterocycles. The fourth-order valence-corrected chi connectivity index (χ4v) is 0.409. The van der Waals surface area contributed by atoms with Crippen molar-refractivity contribution in [2.45, 2.75) is 0 Å². The van der Waals surface area contributed by atoms with E-state index in [1.54, 1.807) is 6.34 Å². The number of nitrogens with zero attached hydrogens (tertiary/aromatic N) is 2. The molecular formula is C4H8N2O. The molecule has 3 heteroatoms. The Balaban J connectivity index is 2.36. The molecule has 0 radical (unpaired) electrons. The van der Waals surface area contributed by atoms with Crippen LogP contribution in [0.1, 0.15) is 0 Å². The number of hydrogen-bond acceptors (Lipinski definition) is 3. The number of oxime groups is 1. The van der Waals surface area contributed by atoms with Crippen molar-refractivity contribution in [2.24, 2.45) is 5.16 Å². The van der Waals surface area contributed by atoms with Crippen LogP contribution >= 0.6 is 0 Å². The lowest BCUT2D eigenvalue weighted by atomic mass is 10.6. The molecule has 0 N–H and O–H groups in total. The monoisotopic (exact) mass is 100 g/mol. The molecule has 1 rings (SSSR count). The quantitative estimate of drug-likeness (QED) is 0.424. The van der Waals surface area contributed by atoms with Crippen LogP contribution in [0, 0.1) is 0 Å². The molecule has 3 nitrogen and oxygen atoms in total. The minimum Gasteiger partial charge on any atom is -0.393 e. The summed E-state index contributed by atoms with van der Waals surface area (Å²) in [7, 11) is 1.96. The van der Waals surface area contributed by atoms with Crippen LogP contribution in [0.2, 0.25) is 0 Å². The van der Waals surface area contributed by atoms with E-state index >= 15 is 0 Å². The summed E-state index contributed by atoms with van der Waals surface area (Å²) >= 11 is 0. The molecule has 0 aromatic rings. The third kappa shape index (κ3) is 1.07. The standard InChI is InChI=1S/C4H8N2O/c1-6-2-3-7-5-4-6/h4H,2-3H2,1H3. The van der Waals surface area contributed by atoms with Crippen LogP contribution in [-0.4, -0.2) is 31.4 Å². The topological polar surface area (TPSA) is 24.8 Å². The molecule has 0 aromatic heterocycles. The molecule has 40 valence electrons. The summed E-state index contributed by atoms with van der Waals surface area (Å²) in [5.41, 5.74) is 0. The predicted molar refractivity (Wildman–Crippen MR) is 27.1 cm³/mol. The van der Waals surface area contributed by atoms with E-state index in [-0.39, 0.29) is 0 Å². The van der Waals surface area contributed by atoms with Gasteiger partial charge >= 0.3 is 0 Å². The summed E-state index contributed by atoms with van der Waals surface area (Å²) in [4.78, 5) is 6.64. The molecule has 0 amide bonds. The van der Waals surface area contributed by atoms with Gasteiger partial charge in [-0.05, 0) is 0 Å². The number of hydrogen-bond donors (Lipinski definition) is 0. The molecule has 0 bridgehead atoms. The first-order valence-corrected chi connectivity index (χ1v) is 2.25. The predicted octanol–water partition coefficient (Wildman–Crippen LogP) is -0.108. The first-order valence-electron chi connectivity index (χ1n) is 2.25. The lowest BCUT2D eigenvalue weighted by Crippen LogP contribution is -2.24. The maximum Gasteiger partial charge on any atom is 0.134 e. The highest BCUT2D eigenvalue weighted by Gasteiger charge is 1.95. The smallest absolute Gasteiger partial charge is 0.134 e. The average Bonchev–Trinajstić information content (AvgIpc) is 1.69. The van der Waals surface area contributed by atoms with Gasteiger partial charge < -0.3 is 9.74 Å². The Morgan fingerprint density at radius 1 is 1.86 bits per heavy atom. The van der Waals surface area contributed by atoms with Crippen molar-refractivity contribution in [2.75, 3.05) is 20.2 Å². The Hall–Kier alpha value is -0.730. The van der Waals surface area contributed by atoms with Crippen molar-refractivity contribution in [3.8, 4) is 0 Å². The number of rotatable bonds is 0. The molecule has 0 saturated carbocycles. The highest BCUT2D eigenvalue weighted by molar-refractivity contribution is 5.53. The summed E-state index contributed by atoms with van der Waals surface area (Å²) in [6, 6.07) is 0. The summed E-state index contributed by atoms with van der Waals surface area (Å²) in [5, 5.41) is 3.56. The second kappa shape index (κ2) is 1.82. The molecule has 0 aromatic carbocycles. The van der Waals surface area contributed by atoms with Gasteiger partial charge in [0, 0.05) is 7.05 Å². The zero-order valence-electron chi connectivity index (χ0n) is 4.29. The molecule has 0 unspecified atom stereocenters. The van der Waals surface area contributed by atoms with E-state index in [9.17, 15) is 0 Å². The number of likely N-dealkylation sites (N-methyl/N-ethyl adjacent to an activating group) is 1. The van der Waals surface area contributed by atoms with Crippen LogP contribution in [0.3, 0.4) is 0 Å². The molecule has 1 aliphatic heterocycles. The van der Waals surface area contributed by atoms with Crippen molar-refractivity contribution < 1.29 is 4.84 Å². The second-order valence-electron chi connectivity index (χ2n) is 1.53. The Morgan fingerprint density at radius 2 is 2.71 bits per heavy atom. The van der Waals surface area contributed by atoms with Gasteiger partial charge in [0.15, 0.2) is 0 Å². The molecule has 0 atom stereocenters. The molecule has 0 fully saturated rings. The minimum atomic E-state index is 0.715. The van der Waals surface area contributed by atoms with Crippen molar-refractivity contribution in [3.63, 3.8) is 0 Å². The van der Waals surface area contributed by atoms with Gasteiger partial charge in [0.05, 0.1) is 6.54 Å². The van der Waals surface area contributed by atoms with Crippen molar-refractivity contribution >= 4 is 6.34 Å². The van der Waals surface area contributed by atoms with Crippen molar-refractivity contribution in [1.29, 1.82) is 0 Å². The van der Waals surface area contributed by atoms with Crippen LogP contribution in [0.4, 0.5) is 0 Å². The highest BCUT2D eigenvalue weighted by atomic mass is 16.6. The van der Waals surface area contributed by atoms with Crippen molar-refractivity contribution in [1.82, 2.24) is 4.90 Å². The van der Waals surface area contributed by atoms with E-state index in [4.69, 9.17) is 0 Å². The third-order valence-corrected chi connectivity index (χ3v) is 0.854. The summed E-state index contributed by atoms with van der Waals surface area (Å²) in [6.07, 6.45) is 1.67. The first-order chi connectivity index (χ1) is 3.39. The van der Waals surface area contributed by atoms with E-state index in [2.05, 4.69) is 9.99 Å². The van der Waals surface area contributed by atoms with Gasteiger partial charge in [0.2, 0.25) is 0 Å². The Bertz CT molecular complexity index is 81.8. The molecular weight excluding hydrogens is 92.1 g/mol. The van der Waals surface area contributed by atoms with Gasteiger partial charge in [-0.15, -0.1) is 0 Å². The zero-order chi connectivity index (χ0) is 5.11. The SMILES string of the molecule is CN1C=NOCC1. The minimum absolute atomic E-state index is 0.715. The van der Waals surface area contributed by atoms with E-state index in [0.717, 1.165) is 6.54 Å². The Kier molecular flexibility index (Phi) is 1.15. The normalized spacial score (nSPS) is 19.3. The average molecular weight is 100 g/mol. The fourth-order valence-electron chi connectivity index (χ4n) is 0.409. The van der Waals surface area contributed by atoms with E-state index in [0.29, 0.717) is 6.61 Å². The van der Waals surface area contributed by atoms with Gasteiger partial charge in [0.25, 0.3) is 0 Å². The van der Waals surface area contributed by atoms with Gasteiger partial charge in [0.1, 0.15) is 12.9 Å². The summed E-state index contributed by atoms with van der Waals surface area (Å²) < 4.78 is 0. The lowest BCUT2D eigenvalue weighted by molar-refractivity contribution is 0.113. The molecule has 1 heterocycles. The van der Waals surface area contributed by atoms with E-state index in [1.165, 1.54) is 0 Å². The van der Waals surface area contributed by atoms with E-state index in [1.807, 2.05) is 11.9 Å². The maximum absolute atomic E-state index is 4.67. The largest absolute Gasteiger partial charge is 0.393 e. The van der Waals surface area contributed by atoms with Crippen LogP contribution < -0.4 is 0 Å².